The van der Waals surface area contributed by atoms with Gasteiger partial charge < -0.3 is 5.32 Å². The van der Waals surface area contributed by atoms with E-state index in [1.807, 2.05) is 26.8 Å². The SMILES string of the molecule is CCNCC(C)S(=O)(=O)Nc1cc(C)cc(C)n1. The van der Waals surface area contributed by atoms with E-state index < -0.39 is 15.3 Å². The van der Waals surface area contributed by atoms with Crippen LogP contribution in [0.2, 0.25) is 0 Å². The molecule has 2 N–H and O–H groups in total. The van der Waals surface area contributed by atoms with Gasteiger partial charge in [0.2, 0.25) is 10.0 Å². The van der Waals surface area contributed by atoms with Crippen molar-refractivity contribution in [1.82, 2.24) is 10.3 Å². The second-order valence-electron chi connectivity index (χ2n) is 4.44. The number of rotatable bonds is 6. The van der Waals surface area contributed by atoms with Crippen molar-refractivity contribution in [2.45, 2.75) is 32.9 Å². The molecule has 0 spiro atoms. The van der Waals surface area contributed by atoms with Crippen LogP contribution in [-0.4, -0.2) is 31.7 Å². The third-order valence-corrected chi connectivity index (χ3v) is 4.28. The normalized spacial score (nSPS) is 13.3. The fourth-order valence-corrected chi connectivity index (χ4v) is 2.53. The molecule has 5 nitrogen and oxygen atoms in total. The Labute approximate surface area is 109 Å². The van der Waals surface area contributed by atoms with E-state index in [2.05, 4.69) is 15.0 Å². The van der Waals surface area contributed by atoms with Gasteiger partial charge in [-0.3, -0.25) is 4.72 Å². The molecule has 0 amide bonds. The molecule has 1 rings (SSSR count). The molecule has 0 bridgehead atoms. The first-order valence-corrected chi connectivity index (χ1v) is 7.57. The summed E-state index contributed by atoms with van der Waals surface area (Å²) in [6.07, 6.45) is 0. The summed E-state index contributed by atoms with van der Waals surface area (Å²) in [5, 5.41) is 2.52. The van der Waals surface area contributed by atoms with Crippen LogP contribution in [0.15, 0.2) is 12.1 Å². The molecule has 0 saturated heterocycles. The van der Waals surface area contributed by atoms with Crippen LogP contribution in [0, 0.1) is 13.8 Å². The van der Waals surface area contributed by atoms with Crippen molar-refractivity contribution in [1.29, 1.82) is 0 Å². The van der Waals surface area contributed by atoms with Crippen LogP contribution in [0.5, 0.6) is 0 Å². The van der Waals surface area contributed by atoms with Gasteiger partial charge in [-0.2, -0.15) is 0 Å². The quantitative estimate of drug-likeness (QED) is 0.821. The molecule has 1 heterocycles. The molecule has 1 aromatic rings. The summed E-state index contributed by atoms with van der Waals surface area (Å²) in [6, 6.07) is 3.63. The zero-order valence-electron chi connectivity index (χ0n) is 11.3. The summed E-state index contributed by atoms with van der Waals surface area (Å²) in [5.41, 5.74) is 1.78. The van der Waals surface area contributed by atoms with E-state index in [0.717, 1.165) is 17.8 Å². The molecule has 0 aliphatic carbocycles. The number of hydrogen-bond acceptors (Lipinski definition) is 4. The van der Waals surface area contributed by atoms with E-state index >= 15 is 0 Å². The monoisotopic (exact) mass is 271 g/mol. The second kappa shape index (κ2) is 6.15. The fourth-order valence-electron chi connectivity index (χ4n) is 1.60. The molecule has 18 heavy (non-hydrogen) atoms. The maximum Gasteiger partial charge on any atom is 0.237 e. The number of aryl methyl sites for hydroxylation is 2. The molecule has 0 aliphatic rings. The van der Waals surface area contributed by atoms with E-state index in [-0.39, 0.29) is 0 Å². The largest absolute Gasteiger partial charge is 0.316 e. The summed E-state index contributed by atoms with van der Waals surface area (Å²) < 4.78 is 26.6. The Balaban J connectivity index is 2.81. The highest BCUT2D eigenvalue weighted by Crippen LogP contribution is 2.12. The molecule has 1 unspecified atom stereocenters. The number of nitrogens with zero attached hydrogens (tertiary/aromatic N) is 1. The Morgan fingerprint density at radius 2 is 2.00 bits per heavy atom. The summed E-state index contributed by atoms with van der Waals surface area (Å²) in [7, 11) is -3.39. The van der Waals surface area contributed by atoms with Gasteiger partial charge in [-0.25, -0.2) is 13.4 Å². The van der Waals surface area contributed by atoms with Crippen LogP contribution in [0.25, 0.3) is 0 Å². The third kappa shape index (κ3) is 4.27. The van der Waals surface area contributed by atoms with Crippen molar-refractivity contribution in [2.24, 2.45) is 0 Å². The van der Waals surface area contributed by atoms with Crippen molar-refractivity contribution >= 4 is 15.8 Å². The lowest BCUT2D eigenvalue weighted by Crippen LogP contribution is -2.34. The Morgan fingerprint density at radius 3 is 2.56 bits per heavy atom. The molecule has 1 atom stereocenters. The van der Waals surface area contributed by atoms with Crippen molar-refractivity contribution in [2.75, 3.05) is 17.8 Å². The average Bonchev–Trinajstić information content (AvgIpc) is 2.23. The molecule has 0 aliphatic heterocycles. The van der Waals surface area contributed by atoms with E-state index in [0.29, 0.717) is 12.4 Å². The van der Waals surface area contributed by atoms with Gasteiger partial charge in [0.15, 0.2) is 0 Å². The van der Waals surface area contributed by atoms with E-state index in [9.17, 15) is 8.42 Å². The molecule has 102 valence electrons. The molecule has 6 heteroatoms. The van der Waals surface area contributed by atoms with Crippen LogP contribution in [0.4, 0.5) is 5.82 Å². The summed E-state index contributed by atoms with van der Waals surface area (Å²) in [4.78, 5) is 4.17. The Kier molecular flexibility index (Phi) is 5.10. The maximum atomic E-state index is 12.0. The Bertz CT molecular complexity index is 480. The van der Waals surface area contributed by atoms with E-state index in [1.165, 1.54) is 0 Å². The first-order valence-electron chi connectivity index (χ1n) is 6.02. The van der Waals surface area contributed by atoms with Gasteiger partial charge in [-0.05, 0) is 45.0 Å². The minimum Gasteiger partial charge on any atom is -0.316 e. The third-order valence-electron chi connectivity index (χ3n) is 2.56. The van der Waals surface area contributed by atoms with E-state index in [4.69, 9.17) is 0 Å². The maximum absolute atomic E-state index is 12.0. The summed E-state index contributed by atoms with van der Waals surface area (Å²) >= 11 is 0. The molecule has 0 aromatic carbocycles. The highest BCUT2D eigenvalue weighted by atomic mass is 32.2. The van der Waals surface area contributed by atoms with Gasteiger partial charge in [-0.1, -0.05) is 6.92 Å². The van der Waals surface area contributed by atoms with E-state index in [1.54, 1.807) is 13.0 Å². The number of sulfonamides is 1. The number of hydrogen-bond donors (Lipinski definition) is 2. The van der Waals surface area contributed by atoms with Crippen LogP contribution in [0.1, 0.15) is 25.1 Å². The second-order valence-corrected chi connectivity index (χ2v) is 6.54. The Morgan fingerprint density at radius 1 is 1.33 bits per heavy atom. The van der Waals surface area contributed by atoms with Gasteiger partial charge in [-0.15, -0.1) is 0 Å². The van der Waals surface area contributed by atoms with Crippen LogP contribution >= 0.6 is 0 Å². The smallest absolute Gasteiger partial charge is 0.237 e. The first-order chi connectivity index (χ1) is 8.35. The number of anilines is 1. The zero-order valence-corrected chi connectivity index (χ0v) is 12.1. The first kappa shape index (κ1) is 14.9. The minimum atomic E-state index is -3.39. The molecule has 0 fully saturated rings. The van der Waals surface area contributed by atoms with Gasteiger partial charge >= 0.3 is 0 Å². The zero-order chi connectivity index (χ0) is 13.8. The van der Waals surface area contributed by atoms with Crippen LogP contribution < -0.4 is 10.0 Å². The highest BCUT2D eigenvalue weighted by molar-refractivity contribution is 7.93. The van der Waals surface area contributed by atoms with Gasteiger partial charge in [0.25, 0.3) is 0 Å². The molecule has 0 radical (unpaired) electrons. The molecular formula is C12H21N3O2S. The van der Waals surface area contributed by atoms with Gasteiger partial charge in [0.05, 0.1) is 5.25 Å². The lowest BCUT2D eigenvalue weighted by atomic mass is 10.2. The molecule has 1 aromatic heterocycles. The van der Waals surface area contributed by atoms with Crippen molar-refractivity contribution in [3.05, 3.63) is 23.4 Å². The molecule has 0 saturated carbocycles. The number of pyridine rings is 1. The summed E-state index contributed by atoms with van der Waals surface area (Å²) in [5.74, 6) is 0.385. The van der Waals surface area contributed by atoms with Crippen LogP contribution in [-0.2, 0) is 10.0 Å². The van der Waals surface area contributed by atoms with Crippen LogP contribution in [0.3, 0.4) is 0 Å². The fraction of sp³-hybridized carbons (Fsp3) is 0.583. The van der Waals surface area contributed by atoms with Crippen molar-refractivity contribution in [3.8, 4) is 0 Å². The van der Waals surface area contributed by atoms with Crippen molar-refractivity contribution in [3.63, 3.8) is 0 Å². The number of aromatic nitrogens is 1. The standard InChI is InChI=1S/C12H21N3O2S/c1-5-13-8-11(4)18(16,17)15-12-7-9(2)6-10(3)14-12/h6-7,11,13H,5,8H2,1-4H3,(H,14,15). The summed E-state index contributed by atoms with van der Waals surface area (Å²) in [6.45, 7) is 8.55. The van der Waals surface area contributed by atoms with Gasteiger partial charge in [0.1, 0.15) is 5.82 Å². The lowest BCUT2D eigenvalue weighted by molar-refractivity contribution is 0.579. The van der Waals surface area contributed by atoms with Crippen molar-refractivity contribution < 1.29 is 8.42 Å². The predicted molar refractivity (Wildman–Crippen MR) is 74.3 cm³/mol. The predicted octanol–water partition coefficient (Wildman–Crippen LogP) is 1.44. The molecular weight excluding hydrogens is 250 g/mol. The average molecular weight is 271 g/mol. The highest BCUT2D eigenvalue weighted by Gasteiger charge is 2.20. The minimum absolute atomic E-state index is 0.385. The topological polar surface area (TPSA) is 71.1 Å². The van der Waals surface area contributed by atoms with Gasteiger partial charge in [0, 0.05) is 12.2 Å². The number of nitrogens with one attached hydrogen (secondary N) is 2. The lowest BCUT2D eigenvalue weighted by Gasteiger charge is -2.15. The Hall–Kier alpha value is -1.14.